The highest BCUT2D eigenvalue weighted by Crippen LogP contribution is 2.31. The van der Waals surface area contributed by atoms with E-state index in [1.54, 1.807) is 23.5 Å². The molecule has 0 aliphatic carbocycles. The average molecular weight is 302 g/mol. The highest BCUT2D eigenvalue weighted by atomic mass is 32.1. The van der Waals surface area contributed by atoms with Crippen molar-refractivity contribution in [3.05, 3.63) is 55.8 Å². The third-order valence-corrected chi connectivity index (χ3v) is 4.75. The predicted molar refractivity (Wildman–Crippen MR) is 82.2 cm³/mol. The van der Waals surface area contributed by atoms with E-state index in [4.69, 9.17) is 0 Å². The molecule has 2 heterocycles. The number of benzene rings is 1. The van der Waals surface area contributed by atoms with Crippen LogP contribution in [-0.4, -0.2) is 17.3 Å². The summed E-state index contributed by atoms with van der Waals surface area (Å²) in [6, 6.07) is 6.96. The van der Waals surface area contributed by atoms with Crippen molar-refractivity contribution in [2.75, 3.05) is 11.4 Å². The number of carbonyl (C=O) groups excluding carboxylic acids is 1. The first-order valence-electron chi connectivity index (χ1n) is 6.66. The minimum atomic E-state index is -0.486. The van der Waals surface area contributed by atoms with Gasteiger partial charge in [0.2, 0.25) is 0 Å². The molecule has 0 fully saturated rings. The van der Waals surface area contributed by atoms with Gasteiger partial charge < -0.3 is 4.90 Å². The summed E-state index contributed by atoms with van der Waals surface area (Å²) in [6.45, 7) is 2.94. The molecule has 2 aromatic rings. The first-order chi connectivity index (χ1) is 10.1. The molecule has 1 aromatic carbocycles. The molecule has 0 radical (unpaired) electrons. The molecule has 5 nitrogen and oxygen atoms in total. The zero-order valence-corrected chi connectivity index (χ0v) is 12.4. The molecule has 0 amide bonds. The largest absolute Gasteiger partial charge is 0.367 e. The van der Waals surface area contributed by atoms with E-state index in [2.05, 4.69) is 16.3 Å². The maximum atomic E-state index is 11.5. The molecular weight excluding hydrogens is 288 g/mol. The van der Waals surface area contributed by atoms with Crippen LogP contribution in [0.2, 0.25) is 0 Å². The normalized spacial score (nSPS) is 13.9. The Kier molecular flexibility index (Phi) is 3.47. The molecule has 1 aliphatic rings. The van der Waals surface area contributed by atoms with Gasteiger partial charge in [0.1, 0.15) is 0 Å². The Morgan fingerprint density at radius 3 is 2.90 bits per heavy atom. The molecule has 0 saturated carbocycles. The van der Waals surface area contributed by atoms with Crippen molar-refractivity contribution in [3.8, 4) is 0 Å². The molecule has 0 N–H and O–H groups in total. The summed E-state index contributed by atoms with van der Waals surface area (Å²) in [5.74, 6) is -0.285. The van der Waals surface area contributed by atoms with Crippen molar-refractivity contribution in [2.45, 2.75) is 19.9 Å². The number of anilines is 1. The molecule has 1 aromatic heterocycles. The Balaban J connectivity index is 1.95. The van der Waals surface area contributed by atoms with E-state index < -0.39 is 4.92 Å². The summed E-state index contributed by atoms with van der Waals surface area (Å²) in [4.78, 5) is 25.6. The number of carbonyl (C=O) groups is 1. The number of nitro benzene ring substituents is 1. The van der Waals surface area contributed by atoms with Crippen LogP contribution in [0, 0.1) is 10.1 Å². The van der Waals surface area contributed by atoms with Gasteiger partial charge in [0, 0.05) is 29.7 Å². The fourth-order valence-corrected chi connectivity index (χ4v) is 3.52. The number of nitro groups is 1. The van der Waals surface area contributed by atoms with E-state index >= 15 is 0 Å². The van der Waals surface area contributed by atoms with Crippen LogP contribution in [0.5, 0.6) is 0 Å². The minimum absolute atomic E-state index is 0.115. The molecule has 1 aliphatic heterocycles. The molecular formula is C15H14N2O3S. The van der Waals surface area contributed by atoms with Gasteiger partial charge in [-0.05, 0) is 42.5 Å². The van der Waals surface area contributed by atoms with Crippen LogP contribution >= 0.6 is 11.3 Å². The summed E-state index contributed by atoms with van der Waals surface area (Å²) >= 11 is 1.76. The molecule has 0 spiro atoms. The average Bonchev–Trinajstić information content (AvgIpc) is 2.93. The maximum Gasteiger partial charge on any atom is 0.282 e. The quantitative estimate of drug-likeness (QED) is 0.495. The summed E-state index contributed by atoms with van der Waals surface area (Å²) in [7, 11) is 0. The van der Waals surface area contributed by atoms with Gasteiger partial charge >= 0.3 is 0 Å². The second-order valence-corrected chi connectivity index (χ2v) is 6.06. The van der Waals surface area contributed by atoms with Gasteiger partial charge in [-0.3, -0.25) is 14.9 Å². The molecule has 21 heavy (non-hydrogen) atoms. The fraction of sp³-hybridized carbons (Fsp3) is 0.267. The third-order valence-electron chi connectivity index (χ3n) is 3.73. The molecule has 108 valence electrons. The van der Waals surface area contributed by atoms with Gasteiger partial charge in [0.15, 0.2) is 5.78 Å². The molecule has 0 saturated heterocycles. The molecule has 0 unspecified atom stereocenters. The summed E-state index contributed by atoms with van der Waals surface area (Å²) in [6.07, 6.45) is 0.954. The van der Waals surface area contributed by atoms with Crippen molar-refractivity contribution in [1.82, 2.24) is 0 Å². The topological polar surface area (TPSA) is 63.5 Å². The predicted octanol–water partition coefficient (Wildman–Crippen LogP) is 3.42. The fourth-order valence-electron chi connectivity index (χ4n) is 2.63. The van der Waals surface area contributed by atoms with E-state index in [1.807, 2.05) is 0 Å². The second kappa shape index (κ2) is 5.29. The number of thiophene rings is 1. The Morgan fingerprint density at radius 1 is 1.38 bits per heavy atom. The molecule has 0 bridgehead atoms. The number of hydrogen-bond donors (Lipinski definition) is 0. The van der Waals surface area contributed by atoms with Gasteiger partial charge in [-0.25, -0.2) is 0 Å². The van der Waals surface area contributed by atoms with E-state index in [0.717, 1.165) is 25.2 Å². The minimum Gasteiger partial charge on any atom is -0.367 e. The summed E-state index contributed by atoms with van der Waals surface area (Å²) < 4.78 is 0. The number of hydrogen-bond acceptors (Lipinski definition) is 5. The number of rotatable bonds is 3. The zero-order chi connectivity index (χ0) is 15.0. The monoisotopic (exact) mass is 302 g/mol. The van der Waals surface area contributed by atoms with Crippen molar-refractivity contribution in [1.29, 1.82) is 0 Å². The lowest BCUT2D eigenvalue weighted by Crippen LogP contribution is -2.29. The van der Waals surface area contributed by atoms with Crippen LogP contribution in [0.1, 0.15) is 27.7 Å². The standard InChI is InChI=1S/C15H14N2O3S/c1-10(18)13-3-2-12(8-14(13)17(19)20)16-6-4-15-11(9-16)5-7-21-15/h2-3,5,7-8H,4,6,9H2,1H3. The van der Waals surface area contributed by atoms with Crippen molar-refractivity contribution in [2.24, 2.45) is 0 Å². The zero-order valence-electron chi connectivity index (χ0n) is 11.5. The van der Waals surface area contributed by atoms with Crippen LogP contribution in [0.15, 0.2) is 29.6 Å². The smallest absolute Gasteiger partial charge is 0.282 e. The number of nitrogens with zero attached hydrogens (tertiary/aromatic N) is 2. The van der Waals surface area contributed by atoms with E-state index in [-0.39, 0.29) is 17.0 Å². The van der Waals surface area contributed by atoms with Gasteiger partial charge in [0.05, 0.1) is 10.5 Å². The van der Waals surface area contributed by atoms with Crippen LogP contribution in [0.3, 0.4) is 0 Å². The lowest BCUT2D eigenvalue weighted by molar-refractivity contribution is -0.385. The van der Waals surface area contributed by atoms with Crippen LogP contribution in [-0.2, 0) is 13.0 Å². The van der Waals surface area contributed by atoms with Gasteiger partial charge in [0.25, 0.3) is 5.69 Å². The highest BCUT2D eigenvalue weighted by Gasteiger charge is 2.22. The number of ketones is 1. The maximum absolute atomic E-state index is 11.5. The van der Waals surface area contributed by atoms with Gasteiger partial charge in [-0.1, -0.05) is 0 Å². The Morgan fingerprint density at radius 2 is 2.19 bits per heavy atom. The van der Waals surface area contributed by atoms with E-state index in [9.17, 15) is 14.9 Å². The van der Waals surface area contributed by atoms with Crippen molar-refractivity contribution in [3.63, 3.8) is 0 Å². The highest BCUT2D eigenvalue weighted by molar-refractivity contribution is 7.10. The Hall–Kier alpha value is -2.21. The van der Waals surface area contributed by atoms with Crippen LogP contribution in [0.4, 0.5) is 11.4 Å². The first kappa shape index (κ1) is 13.8. The van der Waals surface area contributed by atoms with Gasteiger partial charge in [-0.2, -0.15) is 0 Å². The lowest BCUT2D eigenvalue weighted by atomic mass is 10.1. The second-order valence-electron chi connectivity index (χ2n) is 5.06. The molecule has 6 heteroatoms. The van der Waals surface area contributed by atoms with E-state index in [0.29, 0.717) is 0 Å². The summed E-state index contributed by atoms with van der Waals surface area (Å²) in [5.41, 5.74) is 2.13. The van der Waals surface area contributed by atoms with E-state index in [1.165, 1.54) is 23.4 Å². The van der Waals surface area contributed by atoms with Gasteiger partial charge in [-0.15, -0.1) is 11.3 Å². The number of Topliss-reactive ketones (excluding diaryl/α,β-unsaturated/α-hetero) is 1. The van der Waals surface area contributed by atoms with Crippen LogP contribution < -0.4 is 4.90 Å². The first-order valence-corrected chi connectivity index (χ1v) is 7.54. The Bertz CT molecular complexity index is 723. The lowest BCUT2D eigenvalue weighted by Gasteiger charge is -2.29. The van der Waals surface area contributed by atoms with Crippen LogP contribution in [0.25, 0.3) is 0 Å². The van der Waals surface area contributed by atoms with Crippen molar-refractivity contribution < 1.29 is 9.72 Å². The number of fused-ring (bicyclic) bond motifs is 1. The molecule has 3 rings (SSSR count). The summed E-state index contributed by atoms with van der Waals surface area (Å²) in [5, 5.41) is 13.2. The molecule has 0 atom stereocenters. The SMILES string of the molecule is CC(=O)c1ccc(N2CCc3sccc3C2)cc1[N+](=O)[O-]. The third kappa shape index (κ3) is 2.54. The van der Waals surface area contributed by atoms with Crippen molar-refractivity contribution >= 4 is 28.5 Å². The Labute approximate surface area is 126 Å².